The molecule has 2 rings (SSSR count). The molecule has 0 atom stereocenters. The molecule has 0 aliphatic heterocycles. The molecule has 0 bridgehead atoms. The van der Waals surface area contributed by atoms with Crippen molar-refractivity contribution < 1.29 is 14.5 Å². The van der Waals surface area contributed by atoms with E-state index in [4.69, 9.17) is 0 Å². The first-order chi connectivity index (χ1) is 11.8. The zero-order valence-corrected chi connectivity index (χ0v) is 14.3. The molecule has 0 radical (unpaired) electrons. The van der Waals surface area contributed by atoms with Crippen LogP contribution in [0, 0.1) is 17.0 Å². The van der Waals surface area contributed by atoms with Gasteiger partial charge in [0, 0.05) is 31.8 Å². The summed E-state index contributed by atoms with van der Waals surface area (Å²) in [6.07, 6.45) is 0. The number of carbonyl (C=O) groups is 2. The molecule has 0 aliphatic rings. The molecule has 0 spiro atoms. The highest BCUT2D eigenvalue weighted by Crippen LogP contribution is 2.23. The maximum Gasteiger partial charge on any atom is 0.285 e. The molecule has 0 saturated carbocycles. The van der Waals surface area contributed by atoms with Gasteiger partial charge < -0.3 is 10.2 Å². The minimum absolute atomic E-state index is 0.0319. The first-order valence-electron chi connectivity index (χ1n) is 7.64. The van der Waals surface area contributed by atoms with E-state index in [2.05, 4.69) is 5.32 Å². The van der Waals surface area contributed by atoms with Gasteiger partial charge in [-0.15, -0.1) is 0 Å². The van der Waals surface area contributed by atoms with Crippen molar-refractivity contribution in [1.29, 1.82) is 0 Å². The predicted octanol–water partition coefficient (Wildman–Crippen LogP) is 2.54. The lowest BCUT2D eigenvalue weighted by molar-refractivity contribution is -0.385. The van der Waals surface area contributed by atoms with Gasteiger partial charge in [-0.25, -0.2) is 0 Å². The molecular weight excluding hydrogens is 322 g/mol. The summed E-state index contributed by atoms with van der Waals surface area (Å²) in [6.45, 7) is 1.80. The molecule has 0 aromatic heterocycles. The smallest absolute Gasteiger partial charge is 0.285 e. The highest BCUT2D eigenvalue weighted by Gasteiger charge is 2.22. The van der Waals surface area contributed by atoms with Crippen LogP contribution in [0.2, 0.25) is 0 Å². The number of nitrogens with zero attached hydrogens (tertiary/aromatic N) is 2. The molecule has 0 saturated heterocycles. The second-order valence-electron chi connectivity index (χ2n) is 5.81. The second kappa shape index (κ2) is 7.57. The minimum Gasteiger partial charge on any atom is -0.348 e. The van der Waals surface area contributed by atoms with Crippen LogP contribution in [0.25, 0.3) is 0 Å². The van der Waals surface area contributed by atoms with Gasteiger partial charge in [0.15, 0.2) is 0 Å². The Kier molecular flexibility index (Phi) is 5.49. The standard InChI is InChI=1S/C18H19N3O4/c1-12-5-4-6-15(16(12)21(24)25)17(22)19-11-13-7-9-14(10-8-13)18(23)20(2)3/h4-10H,11H2,1-3H3,(H,19,22). The van der Waals surface area contributed by atoms with Gasteiger partial charge in [0.1, 0.15) is 5.56 Å². The van der Waals surface area contributed by atoms with Crippen LogP contribution in [-0.4, -0.2) is 35.7 Å². The molecule has 25 heavy (non-hydrogen) atoms. The van der Waals surface area contributed by atoms with Gasteiger partial charge in [-0.2, -0.15) is 0 Å². The molecule has 130 valence electrons. The normalized spacial score (nSPS) is 10.2. The number of nitro groups is 1. The van der Waals surface area contributed by atoms with Crippen molar-refractivity contribution in [1.82, 2.24) is 10.2 Å². The molecule has 0 unspecified atom stereocenters. The molecule has 0 heterocycles. The van der Waals surface area contributed by atoms with Gasteiger partial charge in [-0.3, -0.25) is 19.7 Å². The van der Waals surface area contributed by atoms with E-state index >= 15 is 0 Å². The molecule has 2 aromatic carbocycles. The molecule has 0 aliphatic carbocycles. The number of nitrogens with one attached hydrogen (secondary N) is 1. The van der Waals surface area contributed by atoms with E-state index in [1.807, 2.05) is 0 Å². The summed E-state index contributed by atoms with van der Waals surface area (Å²) in [7, 11) is 3.34. The maximum atomic E-state index is 12.3. The third-order valence-corrected chi connectivity index (χ3v) is 3.73. The number of hydrogen-bond donors (Lipinski definition) is 1. The van der Waals surface area contributed by atoms with Crippen LogP contribution >= 0.6 is 0 Å². The summed E-state index contributed by atoms with van der Waals surface area (Å²) < 4.78 is 0. The number of para-hydroxylation sites is 1. The molecule has 2 aromatic rings. The van der Waals surface area contributed by atoms with Gasteiger partial charge in [0.2, 0.25) is 0 Å². The van der Waals surface area contributed by atoms with Crippen molar-refractivity contribution in [2.24, 2.45) is 0 Å². The van der Waals surface area contributed by atoms with Crippen molar-refractivity contribution in [3.05, 3.63) is 74.8 Å². The monoisotopic (exact) mass is 341 g/mol. The van der Waals surface area contributed by atoms with Crippen molar-refractivity contribution in [3.8, 4) is 0 Å². The van der Waals surface area contributed by atoms with E-state index in [0.717, 1.165) is 5.56 Å². The Bertz CT molecular complexity index is 814. The first kappa shape index (κ1) is 18.1. The van der Waals surface area contributed by atoms with Gasteiger partial charge in [0.25, 0.3) is 17.5 Å². The number of amides is 2. The second-order valence-corrected chi connectivity index (χ2v) is 5.81. The van der Waals surface area contributed by atoms with Gasteiger partial charge in [-0.05, 0) is 30.7 Å². The Balaban J connectivity index is 2.10. The lowest BCUT2D eigenvalue weighted by Crippen LogP contribution is -2.24. The lowest BCUT2D eigenvalue weighted by atomic mass is 10.1. The Labute approximate surface area is 145 Å². The van der Waals surface area contributed by atoms with E-state index in [-0.39, 0.29) is 23.7 Å². The molecule has 2 amide bonds. The van der Waals surface area contributed by atoms with Crippen LogP contribution in [0.4, 0.5) is 5.69 Å². The van der Waals surface area contributed by atoms with Crippen molar-refractivity contribution in [2.45, 2.75) is 13.5 Å². The molecular formula is C18H19N3O4. The number of hydrogen-bond acceptors (Lipinski definition) is 4. The average molecular weight is 341 g/mol. The number of rotatable bonds is 5. The van der Waals surface area contributed by atoms with E-state index in [0.29, 0.717) is 11.1 Å². The fraction of sp³-hybridized carbons (Fsp3) is 0.222. The number of nitro benzene ring substituents is 1. The Hall–Kier alpha value is -3.22. The number of benzene rings is 2. The van der Waals surface area contributed by atoms with Crippen LogP contribution < -0.4 is 5.32 Å². The van der Waals surface area contributed by atoms with Crippen LogP contribution in [-0.2, 0) is 6.54 Å². The molecule has 1 N–H and O–H groups in total. The fourth-order valence-electron chi connectivity index (χ4n) is 2.39. The number of carbonyl (C=O) groups excluding carboxylic acids is 2. The van der Waals surface area contributed by atoms with Crippen LogP contribution in [0.5, 0.6) is 0 Å². The summed E-state index contributed by atoms with van der Waals surface area (Å²) in [5.74, 6) is -0.616. The zero-order chi connectivity index (χ0) is 18.6. The topological polar surface area (TPSA) is 92.6 Å². The van der Waals surface area contributed by atoms with E-state index in [1.54, 1.807) is 57.4 Å². The van der Waals surface area contributed by atoms with Gasteiger partial charge in [-0.1, -0.05) is 24.3 Å². The van der Waals surface area contributed by atoms with E-state index in [9.17, 15) is 19.7 Å². The summed E-state index contributed by atoms with van der Waals surface area (Å²) >= 11 is 0. The van der Waals surface area contributed by atoms with E-state index in [1.165, 1.54) is 11.0 Å². The van der Waals surface area contributed by atoms with Crippen LogP contribution in [0.15, 0.2) is 42.5 Å². The highest BCUT2D eigenvalue weighted by molar-refractivity contribution is 5.98. The van der Waals surface area contributed by atoms with E-state index < -0.39 is 10.8 Å². The Morgan fingerprint density at radius 1 is 1.12 bits per heavy atom. The van der Waals surface area contributed by atoms with Crippen molar-refractivity contribution in [2.75, 3.05) is 14.1 Å². The van der Waals surface area contributed by atoms with Crippen LogP contribution in [0.3, 0.4) is 0 Å². The third kappa shape index (κ3) is 4.20. The third-order valence-electron chi connectivity index (χ3n) is 3.73. The zero-order valence-electron chi connectivity index (χ0n) is 14.3. The average Bonchev–Trinajstić information content (AvgIpc) is 2.58. The quantitative estimate of drug-likeness (QED) is 0.668. The lowest BCUT2D eigenvalue weighted by Gasteiger charge is -2.11. The predicted molar refractivity (Wildman–Crippen MR) is 93.5 cm³/mol. The van der Waals surface area contributed by atoms with Crippen molar-refractivity contribution >= 4 is 17.5 Å². The maximum absolute atomic E-state index is 12.3. The van der Waals surface area contributed by atoms with Crippen LogP contribution in [0.1, 0.15) is 31.8 Å². The molecule has 7 heteroatoms. The minimum atomic E-state index is -0.550. The largest absolute Gasteiger partial charge is 0.348 e. The van der Waals surface area contributed by atoms with Gasteiger partial charge in [0.05, 0.1) is 4.92 Å². The first-order valence-corrected chi connectivity index (χ1v) is 7.64. The molecule has 7 nitrogen and oxygen atoms in total. The Morgan fingerprint density at radius 3 is 2.32 bits per heavy atom. The summed E-state index contributed by atoms with van der Waals surface area (Å²) in [5, 5.41) is 13.8. The summed E-state index contributed by atoms with van der Waals surface area (Å²) in [4.78, 5) is 36.2. The fourth-order valence-corrected chi connectivity index (χ4v) is 2.39. The summed E-state index contributed by atoms with van der Waals surface area (Å²) in [6, 6.07) is 11.5. The van der Waals surface area contributed by atoms with Gasteiger partial charge >= 0.3 is 0 Å². The Morgan fingerprint density at radius 2 is 1.76 bits per heavy atom. The number of aryl methyl sites for hydroxylation is 1. The summed E-state index contributed by atoms with van der Waals surface area (Å²) in [5.41, 5.74) is 1.62. The van der Waals surface area contributed by atoms with Crippen molar-refractivity contribution in [3.63, 3.8) is 0 Å². The highest BCUT2D eigenvalue weighted by atomic mass is 16.6. The SMILES string of the molecule is Cc1cccc(C(=O)NCc2ccc(C(=O)N(C)C)cc2)c1[N+](=O)[O-]. The molecule has 0 fully saturated rings.